The first-order valence-electron chi connectivity index (χ1n) is 5.90. The molecular weight excluding hydrogens is 200 g/mol. The van der Waals surface area contributed by atoms with Gasteiger partial charge < -0.3 is 10.7 Å². The second kappa shape index (κ2) is 5.70. The van der Waals surface area contributed by atoms with E-state index in [0.29, 0.717) is 5.82 Å². The third-order valence-corrected chi connectivity index (χ3v) is 3.35. The molecule has 1 rings (SSSR count). The van der Waals surface area contributed by atoms with Gasteiger partial charge in [-0.15, -0.1) is 0 Å². The molecule has 4 nitrogen and oxygen atoms in total. The molecule has 0 bridgehead atoms. The normalized spacial score (nSPS) is 11.2. The number of hydrogen-bond donors (Lipinski definition) is 3. The second-order valence-electron chi connectivity index (χ2n) is 4.04. The fourth-order valence-corrected chi connectivity index (χ4v) is 1.91. The number of rotatable bonds is 6. The van der Waals surface area contributed by atoms with Gasteiger partial charge in [-0.1, -0.05) is 20.8 Å². The summed E-state index contributed by atoms with van der Waals surface area (Å²) in [6.07, 6.45) is 5.07. The highest BCUT2D eigenvalue weighted by atomic mass is 15.2. The second-order valence-corrected chi connectivity index (χ2v) is 4.04. The number of pyridine rings is 1. The van der Waals surface area contributed by atoms with Crippen molar-refractivity contribution in [2.24, 2.45) is 5.84 Å². The van der Waals surface area contributed by atoms with Crippen molar-refractivity contribution < 1.29 is 0 Å². The molecular formula is C12H22N4. The van der Waals surface area contributed by atoms with Crippen LogP contribution in [-0.2, 0) is 0 Å². The minimum atomic E-state index is 0.174. The number of anilines is 2. The molecule has 0 atom stereocenters. The first-order chi connectivity index (χ1) is 7.69. The van der Waals surface area contributed by atoms with Crippen molar-refractivity contribution in [3.63, 3.8) is 0 Å². The van der Waals surface area contributed by atoms with Gasteiger partial charge in [0, 0.05) is 23.5 Å². The maximum Gasteiger partial charge on any atom is 0.141 e. The number of hydrogen-bond acceptors (Lipinski definition) is 4. The SMILES string of the molecule is CCC(CC)(CC)Nc1ccnc(NN)c1. The van der Waals surface area contributed by atoms with Crippen molar-refractivity contribution in [3.05, 3.63) is 18.3 Å². The molecule has 0 spiro atoms. The lowest BCUT2D eigenvalue weighted by Crippen LogP contribution is -2.36. The average Bonchev–Trinajstić information content (AvgIpc) is 2.36. The molecule has 0 fully saturated rings. The summed E-state index contributed by atoms with van der Waals surface area (Å²) in [7, 11) is 0. The van der Waals surface area contributed by atoms with Crippen molar-refractivity contribution in [1.29, 1.82) is 0 Å². The van der Waals surface area contributed by atoms with Crippen molar-refractivity contribution >= 4 is 11.5 Å². The fraction of sp³-hybridized carbons (Fsp3) is 0.583. The van der Waals surface area contributed by atoms with Crippen LogP contribution in [0.15, 0.2) is 18.3 Å². The highest BCUT2D eigenvalue weighted by Gasteiger charge is 2.23. The molecule has 90 valence electrons. The monoisotopic (exact) mass is 222 g/mol. The molecule has 4 heteroatoms. The van der Waals surface area contributed by atoms with E-state index in [1.165, 1.54) is 0 Å². The molecule has 0 aliphatic rings. The van der Waals surface area contributed by atoms with E-state index in [-0.39, 0.29) is 5.54 Å². The van der Waals surface area contributed by atoms with Crippen LogP contribution in [0.2, 0.25) is 0 Å². The third-order valence-electron chi connectivity index (χ3n) is 3.35. The van der Waals surface area contributed by atoms with Crippen LogP contribution in [0.5, 0.6) is 0 Å². The summed E-state index contributed by atoms with van der Waals surface area (Å²) in [6.45, 7) is 6.63. The zero-order valence-electron chi connectivity index (χ0n) is 10.4. The standard InChI is InChI=1S/C12H22N4/c1-4-12(5-2,6-3)15-10-7-8-14-11(9-10)16-13/h7-9H,4-6,13H2,1-3H3,(H2,14,15,16). The highest BCUT2D eigenvalue weighted by Crippen LogP contribution is 2.26. The Bertz CT molecular complexity index is 312. The van der Waals surface area contributed by atoms with Crippen molar-refractivity contribution in [2.75, 3.05) is 10.7 Å². The number of nitrogens with two attached hydrogens (primary N) is 1. The van der Waals surface area contributed by atoms with Crippen LogP contribution >= 0.6 is 0 Å². The Morgan fingerprint density at radius 3 is 2.38 bits per heavy atom. The van der Waals surface area contributed by atoms with Gasteiger partial charge >= 0.3 is 0 Å². The Balaban J connectivity index is 2.84. The molecule has 0 unspecified atom stereocenters. The predicted octanol–water partition coefficient (Wildman–Crippen LogP) is 2.75. The predicted molar refractivity (Wildman–Crippen MR) is 69.3 cm³/mol. The minimum Gasteiger partial charge on any atom is -0.379 e. The lowest BCUT2D eigenvalue weighted by atomic mass is 9.89. The van der Waals surface area contributed by atoms with Gasteiger partial charge in [-0.2, -0.15) is 0 Å². The number of hydrazine groups is 1. The maximum atomic E-state index is 5.34. The number of nitrogens with zero attached hydrogens (tertiary/aromatic N) is 1. The van der Waals surface area contributed by atoms with Crippen LogP contribution in [0.1, 0.15) is 40.0 Å². The summed E-state index contributed by atoms with van der Waals surface area (Å²) >= 11 is 0. The van der Waals surface area contributed by atoms with Crippen molar-refractivity contribution in [1.82, 2.24) is 4.98 Å². The van der Waals surface area contributed by atoms with E-state index in [0.717, 1.165) is 24.9 Å². The quantitative estimate of drug-likeness (QED) is 0.511. The average molecular weight is 222 g/mol. The molecule has 0 aromatic carbocycles. The molecule has 4 N–H and O–H groups in total. The van der Waals surface area contributed by atoms with E-state index < -0.39 is 0 Å². The van der Waals surface area contributed by atoms with Crippen molar-refractivity contribution in [3.8, 4) is 0 Å². The smallest absolute Gasteiger partial charge is 0.141 e. The van der Waals surface area contributed by atoms with Crippen LogP contribution in [0.25, 0.3) is 0 Å². The van der Waals surface area contributed by atoms with Gasteiger partial charge in [0.15, 0.2) is 0 Å². The summed E-state index contributed by atoms with van der Waals surface area (Å²) in [4.78, 5) is 4.09. The Morgan fingerprint density at radius 1 is 1.25 bits per heavy atom. The van der Waals surface area contributed by atoms with E-state index in [1.807, 2.05) is 12.1 Å². The molecule has 0 aliphatic heterocycles. The highest BCUT2D eigenvalue weighted by molar-refractivity contribution is 5.52. The lowest BCUT2D eigenvalue weighted by Gasteiger charge is -2.33. The Morgan fingerprint density at radius 2 is 1.88 bits per heavy atom. The number of nitrogen functional groups attached to an aromatic ring is 1. The largest absolute Gasteiger partial charge is 0.379 e. The van der Waals surface area contributed by atoms with Crippen LogP contribution in [0.4, 0.5) is 11.5 Å². The Labute approximate surface area is 97.6 Å². The van der Waals surface area contributed by atoms with E-state index in [4.69, 9.17) is 5.84 Å². The number of aromatic nitrogens is 1. The summed E-state index contributed by atoms with van der Waals surface area (Å²) in [5.41, 5.74) is 3.79. The molecule has 0 amide bonds. The number of nitrogens with one attached hydrogen (secondary N) is 2. The molecule has 0 saturated heterocycles. The van der Waals surface area contributed by atoms with Gasteiger partial charge in [0.2, 0.25) is 0 Å². The summed E-state index contributed by atoms with van der Waals surface area (Å²) in [6, 6.07) is 3.90. The summed E-state index contributed by atoms with van der Waals surface area (Å²) in [5.74, 6) is 6.02. The van der Waals surface area contributed by atoms with Gasteiger partial charge in [0.25, 0.3) is 0 Å². The maximum absolute atomic E-state index is 5.34. The molecule has 1 aromatic heterocycles. The van der Waals surface area contributed by atoms with E-state index in [9.17, 15) is 0 Å². The summed E-state index contributed by atoms with van der Waals surface area (Å²) in [5, 5.41) is 3.58. The van der Waals surface area contributed by atoms with E-state index in [1.54, 1.807) is 6.20 Å². The van der Waals surface area contributed by atoms with E-state index in [2.05, 4.69) is 36.5 Å². The zero-order chi connectivity index (χ0) is 12.0. The third kappa shape index (κ3) is 2.85. The zero-order valence-corrected chi connectivity index (χ0v) is 10.4. The van der Waals surface area contributed by atoms with E-state index >= 15 is 0 Å². The van der Waals surface area contributed by atoms with Crippen LogP contribution in [0, 0.1) is 0 Å². The van der Waals surface area contributed by atoms with Gasteiger partial charge in [0.1, 0.15) is 5.82 Å². The molecule has 0 radical (unpaired) electrons. The molecule has 0 saturated carbocycles. The Hall–Kier alpha value is -1.29. The van der Waals surface area contributed by atoms with Crippen LogP contribution in [-0.4, -0.2) is 10.5 Å². The molecule has 1 heterocycles. The van der Waals surface area contributed by atoms with Gasteiger partial charge in [-0.25, -0.2) is 10.8 Å². The van der Waals surface area contributed by atoms with Crippen LogP contribution < -0.4 is 16.6 Å². The van der Waals surface area contributed by atoms with Crippen molar-refractivity contribution in [2.45, 2.75) is 45.6 Å². The van der Waals surface area contributed by atoms with Gasteiger partial charge in [0.05, 0.1) is 0 Å². The topological polar surface area (TPSA) is 63.0 Å². The van der Waals surface area contributed by atoms with Gasteiger partial charge in [-0.05, 0) is 25.3 Å². The van der Waals surface area contributed by atoms with Gasteiger partial charge in [-0.3, -0.25) is 0 Å². The fourth-order valence-electron chi connectivity index (χ4n) is 1.91. The Kier molecular flexibility index (Phi) is 4.55. The first-order valence-corrected chi connectivity index (χ1v) is 5.90. The first kappa shape index (κ1) is 12.8. The molecule has 1 aromatic rings. The minimum absolute atomic E-state index is 0.174. The molecule has 16 heavy (non-hydrogen) atoms. The van der Waals surface area contributed by atoms with Crippen LogP contribution in [0.3, 0.4) is 0 Å². The lowest BCUT2D eigenvalue weighted by molar-refractivity contribution is 0.420. The molecule has 0 aliphatic carbocycles. The summed E-state index contributed by atoms with van der Waals surface area (Å²) < 4.78 is 0.